The second kappa shape index (κ2) is 17.5. The Kier molecular flexibility index (Phi) is 12.8. The average molecular weight is 735 g/mol. The molecule has 274 valence electrons. The van der Waals surface area contributed by atoms with Gasteiger partial charge in [-0.2, -0.15) is 0 Å². The first kappa shape index (κ1) is 38.1. The van der Waals surface area contributed by atoms with Crippen LogP contribution in [0, 0.1) is 11.8 Å². The predicted octanol–water partition coefficient (Wildman–Crippen LogP) is 10.4. The van der Waals surface area contributed by atoms with Crippen LogP contribution in [0.3, 0.4) is 0 Å². The largest absolute Gasteiger partial charge is 0.481 e. The molecule has 3 aromatic carbocycles. The van der Waals surface area contributed by atoms with Crippen molar-refractivity contribution in [3.8, 4) is 0 Å². The van der Waals surface area contributed by atoms with Crippen LogP contribution in [-0.2, 0) is 18.7 Å². The number of ether oxygens (including phenoxy) is 2. The van der Waals surface area contributed by atoms with E-state index in [9.17, 15) is 4.79 Å². The van der Waals surface area contributed by atoms with E-state index in [1.807, 2.05) is 11.3 Å². The van der Waals surface area contributed by atoms with Crippen LogP contribution in [-0.4, -0.2) is 38.4 Å². The van der Waals surface area contributed by atoms with Gasteiger partial charge in [0.25, 0.3) is 8.32 Å². The van der Waals surface area contributed by atoms with Crippen LogP contribution in [0.4, 0.5) is 0 Å². The van der Waals surface area contributed by atoms with Crippen molar-refractivity contribution in [3.63, 3.8) is 0 Å². The maximum Gasteiger partial charge on any atom is 0.303 e. The minimum Gasteiger partial charge on any atom is -0.481 e. The quantitative estimate of drug-likeness (QED) is 0.0748. The minimum atomic E-state index is -2.91. The highest BCUT2D eigenvalue weighted by atomic mass is 32.1. The molecule has 5 nitrogen and oxygen atoms in total. The Labute approximate surface area is 315 Å². The lowest BCUT2D eigenvalue weighted by molar-refractivity contribution is -0.192. The molecule has 0 amide bonds. The summed E-state index contributed by atoms with van der Waals surface area (Å²) in [5, 5.41) is 12.6. The van der Waals surface area contributed by atoms with E-state index < -0.39 is 14.3 Å². The van der Waals surface area contributed by atoms with Crippen LogP contribution >= 0.6 is 11.3 Å². The van der Waals surface area contributed by atoms with Crippen molar-refractivity contribution in [2.45, 2.75) is 95.7 Å². The van der Waals surface area contributed by atoms with Crippen molar-refractivity contribution in [1.29, 1.82) is 0 Å². The number of carboxylic acid groups (broad SMARTS) is 1. The Hall–Kier alpha value is -3.59. The van der Waals surface area contributed by atoms with E-state index in [2.05, 4.69) is 143 Å². The molecule has 2 fully saturated rings. The third-order valence-corrected chi connectivity index (χ3v) is 16.8. The summed E-state index contributed by atoms with van der Waals surface area (Å²) >= 11 is 1.81. The van der Waals surface area contributed by atoms with E-state index in [0.717, 1.165) is 45.1 Å². The van der Waals surface area contributed by atoms with Crippen LogP contribution in [0.25, 0.3) is 10.1 Å². The van der Waals surface area contributed by atoms with Gasteiger partial charge in [0.15, 0.2) is 6.29 Å². The zero-order chi connectivity index (χ0) is 36.6. The summed E-state index contributed by atoms with van der Waals surface area (Å²) in [7, 11) is -2.91. The Morgan fingerprint density at radius 3 is 2.33 bits per heavy atom. The molecule has 0 radical (unpaired) electrons. The molecule has 52 heavy (non-hydrogen) atoms. The van der Waals surface area contributed by atoms with Crippen LogP contribution in [0.5, 0.6) is 0 Å². The number of carbonyl (C=O) groups is 1. The number of allylic oxidation sites excluding steroid dienone is 2. The molecule has 0 spiro atoms. The normalized spacial score (nSPS) is 22.1. The second-order valence-corrected chi connectivity index (χ2v) is 20.7. The molecule has 1 N–H and O–H groups in total. The van der Waals surface area contributed by atoms with E-state index in [4.69, 9.17) is 19.0 Å². The molecule has 2 aliphatic rings. The monoisotopic (exact) mass is 734 g/mol. The Bertz CT molecular complexity index is 1750. The summed E-state index contributed by atoms with van der Waals surface area (Å²) in [5.74, 6) is -0.473. The lowest BCUT2D eigenvalue weighted by Gasteiger charge is -2.44. The first-order chi connectivity index (χ1) is 25.2. The third kappa shape index (κ3) is 8.95. The summed E-state index contributed by atoms with van der Waals surface area (Å²) in [6.07, 6.45) is 14.8. The van der Waals surface area contributed by atoms with Gasteiger partial charge in [-0.1, -0.05) is 136 Å². The maximum absolute atomic E-state index is 11.0. The summed E-state index contributed by atoms with van der Waals surface area (Å²) in [4.78, 5) is 12.2. The van der Waals surface area contributed by atoms with Gasteiger partial charge in [0, 0.05) is 28.5 Å². The number of benzene rings is 3. The molecular weight excluding hydrogens is 681 g/mol. The number of carboxylic acids is 1. The highest BCUT2D eigenvalue weighted by molar-refractivity contribution is 7.19. The van der Waals surface area contributed by atoms with E-state index in [0.29, 0.717) is 6.42 Å². The Balaban J connectivity index is 1.40. The zero-order valence-corrected chi connectivity index (χ0v) is 32.7. The Morgan fingerprint density at radius 1 is 1.00 bits per heavy atom. The highest BCUT2D eigenvalue weighted by Gasteiger charge is 2.51. The number of hydrogen-bond donors (Lipinski definition) is 1. The second-order valence-electron chi connectivity index (χ2n) is 15.3. The van der Waals surface area contributed by atoms with Gasteiger partial charge in [0.2, 0.25) is 0 Å². The average Bonchev–Trinajstić information content (AvgIpc) is 3.70. The predicted molar refractivity (Wildman–Crippen MR) is 217 cm³/mol. The molecule has 4 aromatic rings. The maximum atomic E-state index is 11.0. The Morgan fingerprint density at radius 2 is 1.69 bits per heavy atom. The molecule has 1 aromatic heterocycles. The first-order valence-corrected chi connectivity index (χ1v) is 21.7. The molecular formula is C45H54O5SSi. The van der Waals surface area contributed by atoms with Crippen molar-refractivity contribution in [3.05, 3.63) is 132 Å². The van der Waals surface area contributed by atoms with Gasteiger partial charge in [0.1, 0.15) is 0 Å². The van der Waals surface area contributed by atoms with E-state index in [1.54, 1.807) is 0 Å². The van der Waals surface area contributed by atoms with Crippen LogP contribution in [0.15, 0.2) is 127 Å². The molecule has 0 bridgehead atoms. The fourth-order valence-electron chi connectivity index (χ4n) is 7.99. The van der Waals surface area contributed by atoms with E-state index in [1.165, 1.54) is 30.9 Å². The molecule has 2 heterocycles. The van der Waals surface area contributed by atoms with Gasteiger partial charge in [-0.15, -0.1) is 11.3 Å². The molecule has 1 saturated heterocycles. The van der Waals surface area contributed by atoms with E-state index in [-0.39, 0.29) is 41.8 Å². The van der Waals surface area contributed by atoms with Crippen molar-refractivity contribution in [1.82, 2.24) is 0 Å². The summed E-state index contributed by atoms with van der Waals surface area (Å²) in [6.45, 7) is 12.3. The van der Waals surface area contributed by atoms with Crippen molar-refractivity contribution in [2.75, 3.05) is 6.61 Å². The number of fused-ring (bicyclic) bond motifs is 1. The third-order valence-electron chi connectivity index (χ3n) is 10.6. The first-order valence-electron chi connectivity index (χ1n) is 18.9. The minimum absolute atomic E-state index is 0.0480. The number of thiophene rings is 1. The molecule has 5 atom stereocenters. The molecule has 1 unspecified atom stereocenters. The van der Waals surface area contributed by atoms with Crippen molar-refractivity contribution < 1.29 is 23.8 Å². The molecule has 7 heteroatoms. The van der Waals surface area contributed by atoms with Gasteiger partial charge in [-0.05, 0) is 83.8 Å². The van der Waals surface area contributed by atoms with Crippen molar-refractivity contribution in [2.24, 2.45) is 11.8 Å². The number of aliphatic carboxylic acids is 1. The highest BCUT2D eigenvalue weighted by Crippen LogP contribution is 2.45. The zero-order valence-electron chi connectivity index (χ0n) is 30.9. The number of rotatable bonds is 15. The van der Waals surface area contributed by atoms with Crippen LogP contribution in [0.1, 0.15) is 83.1 Å². The molecule has 6 rings (SSSR count). The summed E-state index contributed by atoms with van der Waals surface area (Å²) in [5.41, 5.74) is 1.19. The van der Waals surface area contributed by atoms with Gasteiger partial charge in [-0.3, -0.25) is 4.79 Å². The fourth-order valence-corrected chi connectivity index (χ4v) is 13.7. The van der Waals surface area contributed by atoms with Crippen LogP contribution < -0.4 is 10.4 Å². The van der Waals surface area contributed by atoms with Gasteiger partial charge < -0.3 is 19.0 Å². The number of hydrogen-bond acceptors (Lipinski definition) is 5. The fraction of sp³-hybridized carbons (Fsp3) is 0.400. The number of unbranched alkanes of at least 4 members (excludes halogenated alkanes) is 1. The molecule has 1 aliphatic heterocycles. The topological polar surface area (TPSA) is 65.0 Å². The smallest absolute Gasteiger partial charge is 0.303 e. The SMILES string of the molecule is C=C1C[C@@H](OC2CCCCO2)[C@H](/C=C/[C@@H](O[Si](c2ccccc2)(c2ccccc2)C(C)(C)C)c2cc3ccccc3s2)[C@H]1C/C=C\CCCC(=O)O. The van der Waals surface area contributed by atoms with Crippen LogP contribution in [0.2, 0.25) is 5.04 Å². The van der Waals surface area contributed by atoms with Crippen molar-refractivity contribution >= 4 is 46.1 Å². The summed E-state index contributed by atoms with van der Waals surface area (Å²) < 4.78 is 21.9. The lowest BCUT2D eigenvalue weighted by Crippen LogP contribution is -2.66. The summed E-state index contributed by atoms with van der Waals surface area (Å²) in [6, 6.07) is 32.6. The van der Waals surface area contributed by atoms with Gasteiger partial charge in [-0.25, -0.2) is 0 Å². The van der Waals surface area contributed by atoms with E-state index >= 15 is 0 Å². The lowest BCUT2D eigenvalue weighted by atomic mass is 9.89. The molecule has 1 aliphatic carbocycles. The van der Waals surface area contributed by atoms with Gasteiger partial charge in [0.05, 0.1) is 12.2 Å². The standard InChI is InChI=1S/C45H54O5SSi/c1-33-31-40(49-44-27-17-18-30-48-44)38(37(33)24-13-5-6-14-26-43(46)47)28-29-39(42-32-34-19-15-16-25-41(34)51-42)50-52(45(2,3)4,35-20-9-7-10-21-35)36-22-11-8-12-23-36/h5,7-13,15-16,19-23,25,28-29,32,37-40,44H,1,6,14,17-18,24,26-27,30-31H2,2-4H3,(H,46,47)/b13-5-,29-28+/t37-,38+,39+,40+,44?/m0/s1. The molecule has 1 saturated carbocycles. The van der Waals surface area contributed by atoms with Gasteiger partial charge >= 0.3 is 5.97 Å².